The summed E-state index contributed by atoms with van der Waals surface area (Å²) in [5.74, 6) is -4.48. The predicted octanol–water partition coefficient (Wildman–Crippen LogP) is 22.9. The molecule has 18 rings (SSSR count). The highest BCUT2D eigenvalue weighted by molar-refractivity contribution is 5.92. The number of esters is 6. The van der Waals surface area contributed by atoms with E-state index in [9.17, 15) is 41.9 Å². The smallest absolute Gasteiger partial charge is 0.390 e. The highest BCUT2D eigenvalue weighted by Gasteiger charge is 2.49. The van der Waals surface area contributed by atoms with E-state index in [1.807, 2.05) is 48.5 Å². The highest BCUT2D eigenvalue weighted by Crippen LogP contribution is 2.47. The van der Waals surface area contributed by atoms with Gasteiger partial charge in [-0.15, -0.1) is 0 Å². The van der Waals surface area contributed by atoms with Crippen molar-refractivity contribution in [2.24, 2.45) is 108 Å². The largest absolute Gasteiger partial charge is 0.461 e. The number of alkyl halides is 3. The van der Waals surface area contributed by atoms with Crippen molar-refractivity contribution in [2.45, 2.75) is 180 Å². The van der Waals surface area contributed by atoms with E-state index in [0.717, 1.165) is 73.2 Å². The van der Waals surface area contributed by atoms with E-state index in [1.165, 1.54) is 36.4 Å². The number of halogens is 3. The maximum Gasteiger partial charge on any atom is 0.390 e. The number of benzene rings is 9. The molecule has 9 aliphatic heterocycles. The minimum Gasteiger partial charge on any atom is -0.461 e. The zero-order chi connectivity index (χ0) is 95.5. The van der Waals surface area contributed by atoms with Crippen LogP contribution >= 0.6 is 0 Å². The molecule has 0 fully saturated rings. The van der Waals surface area contributed by atoms with Crippen LogP contribution in [0.1, 0.15) is 232 Å². The van der Waals surface area contributed by atoms with Gasteiger partial charge in [0, 0.05) is 55.5 Å². The molecule has 0 saturated carbocycles. The predicted molar refractivity (Wildman–Crippen MR) is 484 cm³/mol. The molecular weight excluding hydrogens is 1750 g/mol. The van der Waals surface area contributed by atoms with Gasteiger partial charge in [-0.3, -0.25) is 0 Å². The summed E-state index contributed by atoms with van der Waals surface area (Å²) in [5, 5.41) is 72.4. The summed E-state index contributed by atoms with van der Waals surface area (Å²) in [4.78, 5) is 78.0. The lowest BCUT2D eigenvalue weighted by Gasteiger charge is -2.33. The van der Waals surface area contributed by atoms with E-state index >= 15 is 0 Å². The Labute approximate surface area is 782 Å². The van der Waals surface area contributed by atoms with Gasteiger partial charge in [0.25, 0.3) is 0 Å². The molecule has 9 heterocycles. The lowest BCUT2D eigenvalue weighted by atomic mass is 9.86. The fourth-order valence-corrected chi connectivity index (χ4v) is 14.5. The van der Waals surface area contributed by atoms with Crippen LogP contribution in [-0.4, -0.2) is 101 Å². The molecule has 33 nitrogen and oxygen atoms in total. The molecule has 0 aromatic heterocycles. The van der Waals surface area contributed by atoms with E-state index in [0.29, 0.717) is 62.8 Å². The molecule has 0 unspecified atom stereocenters. The molecule has 9 aromatic carbocycles. The Morgan fingerprint density at radius 2 is 0.368 bits per heavy atom. The summed E-state index contributed by atoms with van der Waals surface area (Å²) in [6.45, 7) is 20.9. The van der Waals surface area contributed by atoms with E-state index < -0.39 is 113 Å². The molecule has 9 aromatic rings. The van der Waals surface area contributed by atoms with Crippen LogP contribution in [0.5, 0.6) is 0 Å². The van der Waals surface area contributed by atoms with Gasteiger partial charge in [0.1, 0.15) is 39.6 Å². The number of hydrogen-bond donors (Lipinski definition) is 0. The SMILES string of the molecule is C.CC1(c2ccc(C(=O)OCC(COC(=O)c3ccc(C4(C)N=N4)cc3)(COC(=O)c3ccc(C4(C)N=N4)cc3)CC(F)(F)F)cc2)N=N1.CCC(COC(=O)c1ccc(C2(C)N=N2)cc1)(COC(=O)c1ccc(C2(C)N=N2)cc1)COC(=O)c1ccc(C2(C)N=N2)cc1.CCC(COCc1ccc(C2(C)N=N2)cc1)(COCc1ccc(C2(C)N=N2)cc1)COCc1ccc(C2(C)N=N2)cc1. The van der Waals surface area contributed by atoms with Crippen LogP contribution in [-0.2, 0) is 113 Å². The van der Waals surface area contributed by atoms with Crippen LogP contribution in [0.25, 0.3) is 0 Å². The third-order valence-electron chi connectivity index (χ3n) is 25.3. The molecule has 136 heavy (non-hydrogen) atoms. The molecule has 0 saturated heterocycles. The first kappa shape index (κ1) is 96.4. The Bertz CT molecular complexity index is 5620. The topological polar surface area (TPSA) is 408 Å². The molecule has 0 N–H and O–H groups in total. The third-order valence-corrected chi connectivity index (χ3v) is 25.3. The van der Waals surface area contributed by atoms with Crippen molar-refractivity contribution < 1.29 is 84.6 Å². The standard InChI is InChI=1S/C33H29F3N6O6.C33H32N6O6.C33H38N6O3.CH4/c1-29(37-38-29)23-10-4-20(5-11-23)26(43)46-17-32(16-33(34,35)36,18-47-27(44)21-6-12-24(13-7-21)30(2)39-40-30)19-48-28(45)22-8-14-25(15-9-22)31(3)41-42-31;1-5-33(18-43-27(40)21-6-12-24(13-7-21)30(2)34-35-30,19-44-28(41)22-8-14-25(15-9-22)31(3)36-37-31)20-45-29(42)23-10-16-26(17-11-23)32(4)38-39-32;1-5-33(21-40-18-24-6-12-27(13-7-24)30(2)34-35-30,22-41-19-25-8-14-28(15-9-25)31(3)36-37-31)23-42-20-26-10-16-29(17-11-26)32(4)38-39-32;/h4-15H,16-19H2,1-3H3;6-17H,5,18-20H2,1-4H3;6-17H,5,18-23H2,1-4H3;1H4. The number of carbonyl (C=O) groups is 6. The van der Waals surface area contributed by atoms with Crippen molar-refractivity contribution >= 4 is 35.8 Å². The van der Waals surface area contributed by atoms with Crippen molar-refractivity contribution in [3.8, 4) is 0 Å². The van der Waals surface area contributed by atoms with Crippen LogP contribution in [0, 0.1) is 16.2 Å². The summed E-state index contributed by atoms with van der Waals surface area (Å²) in [6, 6.07) is 63.8. The van der Waals surface area contributed by atoms with E-state index in [4.69, 9.17) is 42.6 Å². The van der Waals surface area contributed by atoms with Gasteiger partial charge in [-0.05, 0) is 165 Å². The van der Waals surface area contributed by atoms with E-state index in [-0.39, 0.29) is 66.3 Å². The number of rotatable bonds is 42. The van der Waals surface area contributed by atoms with Crippen molar-refractivity contribution in [3.05, 3.63) is 319 Å². The Kier molecular flexibility index (Phi) is 26.9. The monoisotopic (exact) mass is 1850 g/mol. The molecule has 0 bridgehead atoms. The van der Waals surface area contributed by atoms with Gasteiger partial charge in [0.15, 0.2) is 0 Å². The Morgan fingerprint density at radius 1 is 0.228 bits per heavy atom. The first-order valence-corrected chi connectivity index (χ1v) is 44.0. The highest BCUT2D eigenvalue weighted by atomic mass is 19.4. The summed E-state index contributed by atoms with van der Waals surface area (Å²) < 4.78 is 94.4. The Hall–Kier alpha value is -14.1. The minimum atomic E-state index is -4.83. The first-order chi connectivity index (χ1) is 64.3. The first-order valence-electron chi connectivity index (χ1n) is 44.0. The lowest BCUT2D eigenvalue weighted by molar-refractivity contribution is -0.177. The number of hydrogen-bond acceptors (Lipinski definition) is 33. The van der Waals surface area contributed by atoms with Crippen LogP contribution in [0.15, 0.2) is 310 Å². The number of carbonyl (C=O) groups excluding carboxylic acids is 6. The molecule has 0 aliphatic carbocycles. The van der Waals surface area contributed by atoms with Gasteiger partial charge in [-0.25, -0.2) is 28.8 Å². The van der Waals surface area contributed by atoms with Gasteiger partial charge in [0.05, 0.1) is 90.3 Å². The third kappa shape index (κ3) is 23.6. The summed E-state index contributed by atoms with van der Waals surface area (Å²) in [7, 11) is 0. The average molecular weight is 1850 g/mol. The van der Waals surface area contributed by atoms with Gasteiger partial charge in [-0.2, -0.15) is 105 Å². The molecular formula is C100H103F3N18O15. The fraction of sp³-hybridized carbons (Fsp3) is 0.400. The molecule has 36 heteroatoms. The zero-order valence-corrected chi connectivity index (χ0v) is 76.2. The van der Waals surface area contributed by atoms with Crippen molar-refractivity contribution in [1.82, 2.24) is 0 Å². The fourth-order valence-electron chi connectivity index (χ4n) is 14.5. The molecule has 9 aliphatic rings. The number of ether oxygens (including phenoxy) is 9. The maximum atomic E-state index is 14.1. The zero-order valence-electron chi connectivity index (χ0n) is 76.2. The maximum absolute atomic E-state index is 14.1. The second kappa shape index (κ2) is 38.0. The van der Waals surface area contributed by atoms with Crippen LogP contribution in [0.3, 0.4) is 0 Å². The molecule has 0 amide bonds. The molecule has 0 atom stereocenters. The Balaban J connectivity index is 0.000000155. The van der Waals surface area contributed by atoms with Crippen molar-refractivity contribution in [3.63, 3.8) is 0 Å². The van der Waals surface area contributed by atoms with Crippen molar-refractivity contribution in [2.75, 3.05) is 59.5 Å². The second-order valence-electron chi connectivity index (χ2n) is 36.5. The second-order valence-corrected chi connectivity index (χ2v) is 36.5. The molecule has 0 radical (unpaired) electrons. The van der Waals surface area contributed by atoms with Gasteiger partial charge in [0.2, 0.25) is 51.0 Å². The molecule has 0 spiro atoms. The summed E-state index contributed by atoms with van der Waals surface area (Å²) in [6.07, 6.45) is -5.20. The summed E-state index contributed by atoms with van der Waals surface area (Å²) in [5.41, 5.74) is 4.21. The average Bonchev–Trinajstić information content (AvgIpc) is 1.60. The van der Waals surface area contributed by atoms with E-state index in [1.54, 1.807) is 130 Å². The van der Waals surface area contributed by atoms with Crippen molar-refractivity contribution in [1.29, 1.82) is 0 Å². The van der Waals surface area contributed by atoms with E-state index in [2.05, 4.69) is 172 Å². The normalized spacial score (nSPS) is 17.5. The quantitative estimate of drug-likeness (QED) is 0.0253. The molecule has 704 valence electrons. The lowest BCUT2D eigenvalue weighted by Crippen LogP contribution is -2.43. The summed E-state index contributed by atoms with van der Waals surface area (Å²) >= 11 is 0. The van der Waals surface area contributed by atoms with Crippen LogP contribution in [0.4, 0.5) is 13.2 Å². The van der Waals surface area contributed by atoms with Gasteiger partial charge in [-0.1, -0.05) is 167 Å². The van der Waals surface area contributed by atoms with Crippen LogP contribution < -0.4 is 0 Å². The minimum absolute atomic E-state index is 0. The van der Waals surface area contributed by atoms with Crippen LogP contribution in [0.2, 0.25) is 0 Å². The number of nitrogens with zero attached hydrogens (tertiary/aromatic N) is 18. The van der Waals surface area contributed by atoms with Gasteiger partial charge >= 0.3 is 42.0 Å². The Morgan fingerprint density at radius 3 is 0.507 bits per heavy atom. The van der Waals surface area contributed by atoms with Gasteiger partial charge < -0.3 is 42.6 Å².